The van der Waals surface area contributed by atoms with Crippen molar-refractivity contribution in [3.05, 3.63) is 53.7 Å². The molecule has 5 amide bonds. The average molecular weight is 809 g/mol. The number of hydrogen-bond acceptors (Lipinski definition) is 10. The molecule has 58 heavy (non-hydrogen) atoms. The maximum Gasteiger partial charge on any atom is 0.326 e. The Kier molecular flexibility index (Phi) is 15.1. The van der Waals surface area contributed by atoms with Gasteiger partial charge in [-0.05, 0) is 67.2 Å². The van der Waals surface area contributed by atoms with Gasteiger partial charge in [-0.2, -0.15) is 0 Å². The number of aromatic hydroxyl groups is 3. The predicted molar refractivity (Wildman–Crippen MR) is 209 cm³/mol. The number of fused-ring (bicyclic) bond motifs is 1. The number of aromatic amines is 1. The number of rotatable bonds is 18. The monoisotopic (exact) mass is 808 g/mol. The molecule has 0 bridgehead atoms. The number of aromatic nitrogens is 1. The van der Waals surface area contributed by atoms with Crippen LogP contribution in [-0.4, -0.2) is 103 Å². The summed E-state index contributed by atoms with van der Waals surface area (Å²) in [7, 11) is 0. The van der Waals surface area contributed by atoms with Gasteiger partial charge in [0.05, 0.1) is 6.42 Å². The molecule has 18 heteroatoms. The first-order valence-corrected chi connectivity index (χ1v) is 19.1. The van der Waals surface area contributed by atoms with E-state index in [1.54, 1.807) is 33.9 Å². The van der Waals surface area contributed by atoms with Crippen molar-refractivity contribution >= 4 is 52.4 Å². The molecule has 1 fully saturated rings. The zero-order valence-corrected chi connectivity index (χ0v) is 32.7. The highest BCUT2D eigenvalue weighted by atomic mass is 16.4. The Labute approximate surface area is 334 Å². The van der Waals surface area contributed by atoms with E-state index in [1.807, 2.05) is 24.3 Å². The Morgan fingerprint density at radius 3 is 1.91 bits per heavy atom. The first-order valence-electron chi connectivity index (χ1n) is 19.1. The van der Waals surface area contributed by atoms with Crippen LogP contribution in [0.5, 0.6) is 17.2 Å². The van der Waals surface area contributed by atoms with Gasteiger partial charge in [0.25, 0.3) is 5.91 Å². The maximum atomic E-state index is 14.1. The van der Waals surface area contributed by atoms with E-state index in [9.17, 15) is 59.1 Å². The van der Waals surface area contributed by atoms with Crippen LogP contribution in [-0.2, 0) is 35.2 Å². The van der Waals surface area contributed by atoms with Crippen LogP contribution in [0.4, 0.5) is 0 Å². The Morgan fingerprint density at radius 2 is 1.33 bits per heavy atom. The van der Waals surface area contributed by atoms with Crippen molar-refractivity contribution < 1.29 is 59.1 Å². The van der Waals surface area contributed by atoms with E-state index in [0.29, 0.717) is 31.2 Å². The van der Waals surface area contributed by atoms with Crippen LogP contribution in [0.15, 0.2) is 42.6 Å². The van der Waals surface area contributed by atoms with Crippen molar-refractivity contribution in [2.24, 2.45) is 23.7 Å². The fourth-order valence-corrected chi connectivity index (χ4v) is 6.92. The second-order valence-electron chi connectivity index (χ2n) is 15.4. The number of carbonyl (C=O) groups is 7. The van der Waals surface area contributed by atoms with Crippen LogP contribution in [0, 0.1) is 23.7 Å². The zero-order chi connectivity index (χ0) is 42.8. The first-order chi connectivity index (χ1) is 27.4. The summed E-state index contributed by atoms with van der Waals surface area (Å²) in [5.41, 5.74) is 1.48. The molecule has 2 aromatic carbocycles. The van der Waals surface area contributed by atoms with Crippen LogP contribution in [0.3, 0.4) is 0 Å². The van der Waals surface area contributed by atoms with Crippen molar-refractivity contribution in [3.8, 4) is 17.2 Å². The van der Waals surface area contributed by atoms with Crippen molar-refractivity contribution in [1.82, 2.24) is 31.6 Å². The summed E-state index contributed by atoms with van der Waals surface area (Å²) >= 11 is 0. The number of benzene rings is 2. The van der Waals surface area contributed by atoms with E-state index >= 15 is 0 Å². The minimum Gasteiger partial charge on any atom is -0.504 e. The normalized spacial score (nSPS) is 17.4. The van der Waals surface area contributed by atoms with Crippen molar-refractivity contribution in [1.29, 1.82) is 0 Å². The van der Waals surface area contributed by atoms with Gasteiger partial charge in [0, 0.05) is 41.5 Å². The number of amides is 5. The minimum atomic E-state index is -1.66. The number of aliphatic carboxylic acids is 2. The van der Waals surface area contributed by atoms with Gasteiger partial charge in [0.1, 0.15) is 24.2 Å². The van der Waals surface area contributed by atoms with E-state index in [1.165, 1.54) is 0 Å². The van der Waals surface area contributed by atoms with E-state index in [0.717, 1.165) is 23.0 Å². The number of carboxylic acids is 2. The Morgan fingerprint density at radius 1 is 0.741 bits per heavy atom. The predicted octanol–water partition coefficient (Wildman–Crippen LogP) is 1.87. The summed E-state index contributed by atoms with van der Waals surface area (Å²) in [4.78, 5) is 93.7. The lowest BCUT2D eigenvalue weighted by Crippen LogP contribution is -2.60. The van der Waals surface area contributed by atoms with Gasteiger partial charge in [0.15, 0.2) is 17.2 Å². The van der Waals surface area contributed by atoms with Gasteiger partial charge in [0.2, 0.25) is 23.6 Å². The molecule has 1 aliphatic carbocycles. The number of nitrogens with one attached hydrogen (secondary N) is 6. The molecule has 0 saturated heterocycles. The topological polar surface area (TPSA) is 297 Å². The lowest BCUT2D eigenvalue weighted by atomic mass is 9.81. The van der Waals surface area contributed by atoms with Gasteiger partial charge >= 0.3 is 11.9 Å². The van der Waals surface area contributed by atoms with Gasteiger partial charge < -0.3 is 57.1 Å². The lowest BCUT2D eigenvalue weighted by Gasteiger charge is -2.30. The summed E-state index contributed by atoms with van der Waals surface area (Å²) in [5.74, 6) is -9.95. The third-order valence-electron chi connectivity index (χ3n) is 10.3. The summed E-state index contributed by atoms with van der Waals surface area (Å²) in [5, 5.41) is 61.8. The van der Waals surface area contributed by atoms with Crippen LogP contribution < -0.4 is 26.6 Å². The molecule has 4 atom stereocenters. The fourth-order valence-electron chi connectivity index (χ4n) is 6.92. The quantitative estimate of drug-likeness (QED) is 0.0822. The molecule has 1 saturated carbocycles. The van der Waals surface area contributed by atoms with E-state index in [4.69, 9.17) is 0 Å². The molecule has 0 aliphatic heterocycles. The van der Waals surface area contributed by atoms with Crippen LogP contribution in [0.1, 0.15) is 75.7 Å². The highest BCUT2D eigenvalue weighted by Crippen LogP contribution is 2.35. The molecule has 1 aromatic heterocycles. The highest BCUT2D eigenvalue weighted by Gasteiger charge is 2.36. The second-order valence-corrected chi connectivity index (χ2v) is 15.4. The van der Waals surface area contributed by atoms with Crippen LogP contribution in [0.25, 0.3) is 10.9 Å². The third-order valence-corrected chi connectivity index (χ3v) is 10.3. The molecule has 0 unspecified atom stereocenters. The number of H-pyrrole nitrogens is 1. The van der Waals surface area contributed by atoms with Crippen molar-refractivity contribution in [3.63, 3.8) is 0 Å². The molecule has 11 N–H and O–H groups in total. The molecular weight excluding hydrogens is 756 g/mol. The Balaban J connectivity index is 1.45. The molecule has 1 heterocycles. The lowest BCUT2D eigenvalue weighted by molar-refractivity contribution is -0.144. The SMILES string of the molecule is CC(C)[C@H](NC(=O)[C@H](CC(=O)O)NC(=O)[C@@H](NC(=O)[C@H](Cc1c[nH]c2ccccc12)NC(=O)C1CCC(CNC(=O)c2cc(O)c(O)c(O)c2)CC1)C(C)C)C(=O)O. The van der Waals surface area contributed by atoms with Gasteiger partial charge in [-0.3, -0.25) is 28.8 Å². The number of carbonyl (C=O) groups excluding carboxylic acids is 5. The summed E-state index contributed by atoms with van der Waals surface area (Å²) in [6.07, 6.45) is 2.91. The van der Waals surface area contributed by atoms with Gasteiger partial charge in [-0.25, -0.2) is 4.79 Å². The zero-order valence-electron chi connectivity index (χ0n) is 32.7. The number of phenolic OH excluding ortho intramolecular Hbond substituents is 3. The van der Waals surface area contributed by atoms with E-state index in [2.05, 4.69) is 31.6 Å². The summed E-state index contributed by atoms with van der Waals surface area (Å²) < 4.78 is 0. The fraction of sp³-hybridized carbons (Fsp3) is 0.475. The molecule has 18 nitrogen and oxygen atoms in total. The molecule has 0 radical (unpaired) electrons. The summed E-state index contributed by atoms with van der Waals surface area (Å²) in [6, 6.07) is 3.97. The van der Waals surface area contributed by atoms with Gasteiger partial charge in [-0.1, -0.05) is 45.9 Å². The minimum absolute atomic E-state index is 0.00959. The average Bonchev–Trinajstić information content (AvgIpc) is 3.58. The maximum absolute atomic E-state index is 14.1. The van der Waals surface area contributed by atoms with Gasteiger partial charge in [-0.15, -0.1) is 0 Å². The number of hydrogen-bond donors (Lipinski definition) is 11. The second kappa shape index (κ2) is 19.7. The molecule has 3 aromatic rings. The Hall–Kier alpha value is -6.33. The standard InChI is InChI=1S/C40H52N6O12/c1-19(2)32(39(56)44-28(16-31(49)50)38(55)46-33(20(3)4)40(57)58)45-37(54)27(13-24-18-41-26-8-6-5-7-25(24)26)43-36(53)22-11-9-21(10-12-22)17-42-35(52)23-14-29(47)34(51)30(48)15-23/h5-8,14-15,18-22,27-28,32-33,41,47-48,51H,9-13,16-17H2,1-4H3,(H,42,52)(H,43,53)(H,44,56)(H,45,54)(H,46,55)(H,49,50)(H,57,58)/t21?,22?,27-,28-,32-,33-/m0/s1. The third kappa shape index (κ3) is 11.6. The molecule has 1 aliphatic rings. The first kappa shape index (κ1) is 44.4. The van der Waals surface area contributed by atoms with Crippen molar-refractivity contribution in [2.75, 3.05) is 6.54 Å². The van der Waals surface area contributed by atoms with E-state index < -0.39 is 101 Å². The number of para-hydroxylation sites is 1. The summed E-state index contributed by atoms with van der Waals surface area (Å²) in [6.45, 7) is 6.62. The number of phenols is 3. The van der Waals surface area contributed by atoms with E-state index in [-0.39, 0.29) is 30.4 Å². The molecular formula is C40H52N6O12. The molecule has 314 valence electrons. The number of carboxylic acid groups (broad SMARTS) is 2. The highest BCUT2D eigenvalue weighted by molar-refractivity contribution is 5.97. The van der Waals surface area contributed by atoms with Crippen LogP contribution in [0.2, 0.25) is 0 Å². The molecule has 0 spiro atoms. The van der Waals surface area contributed by atoms with Crippen LogP contribution >= 0.6 is 0 Å². The largest absolute Gasteiger partial charge is 0.504 e. The molecule has 4 rings (SSSR count). The Bertz CT molecular complexity index is 1980. The smallest absolute Gasteiger partial charge is 0.326 e. The van der Waals surface area contributed by atoms with Crippen molar-refractivity contribution in [2.45, 2.75) is 90.4 Å².